The van der Waals surface area contributed by atoms with Crippen molar-refractivity contribution in [3.63, 3.8) is 0 Å². The van der Waals surface area contributed by atoms with Gasteiger partial charge in [-0.05, 0) is 24.6 Å². The maximum atomic E-state index is 12.3. The van der Waals surface area contributed by atoms with Gasteiger partial charge in [0.1, 0.15) is 5.82 Å². The van der Waals surface area contributed by atoms with Crippen LogP contribution in [0.1, 0.15) is 5.56 Å². The van der Waals surface area contributed by atoms with Crippen molar-refractivity contribution in [2.45, 2.75) is 0 Å². The summed E-state index contributed by atoms with van der Waals surface area (Å²) in [5, 5.41) is 0. The Bertz CT molecular complexity index is 220. The number of hydrogen-bond acceptors (Lipinski definition) is 0. The van der Waals surface area contributed by atoms with Crippen molar-refractivity contribution >= 4 is 15.9 Å². The highest BCUT2D eigenvalue weighted by molar-refractivity contribution is 9.10. The molecule has 0 bridgehead atoms. The number of hydrogen-bond donors (Lipinski definition) is 0. The standard InChI is InChI=1S/C7H5BrF/c1-5-2-3-6(9)4-7(5)8/h2-4H,1H2. The van der Waals surface area contributed by atoms with Gasteiger partial charge in [0, 0.05) is 4.47 Å². The minimum absolute atomic E-state index is 0.241. The molecule has 0 aliphatic carbocycles. The molecule has 0 saturated heterocycles. The second-order valence-electron chi connectivity index (χ2n) is 1.74. The molecule has 1 aromatic carbocycles. The number of benzene rings is 1. The van der Waals surface area contributed by atoms with Crippen LogP contribution in [0.25, 0.3) is 0 Å². The van der Waals surface area contributed by atoms with Crippen LogP contribution in [-0.2, 0) is 0 Å². The Labute approximate surface area is 61.8 Å². The SMILES string of the molecule is [CH2]c1ccc(F)cc1Br. The van der Waals surface area contributed by atoms with E-state index >= 15 is 0 Å². The van der Waals surface area contributed by atoms with Gasteiger partial charge in [-0.1, -0.05) is 22.0 Å². The van der Waals surface area contributed by atoms with Crippen molar-refractivity contribution in [1.82, 2.24) is 0 Å². The van der Waals surface area contributed by atoms with E-state index < -0.39 is 0 Å². The van der Waals surface area contributed by atoms with Gasteiger partial charge >= 0.3 is 0 Å². The summed E-state index contributed by atoms with van der Waals surface area (Å²) in [6.07, 6.45) is 0. The summed E-state index contributed by atoms with van der Waals surface area (Å²) in [7, 11) is 0. The normalized spacial score (nSPS) is 9.67. The van der Waals surface area contributed by atoms with Crippen LogP contribution < -0.4 is 0 Å². The molecule has 0 heterocycles. The summed E-state index contributed by atoms with van der Waals surface area (Å²) < 4.78 is 13.0. The molecule has 0 aliphatic rings. The molecule has 0 aromatic heterocycles. The zero-order valence-electron chi connectivity index (χ0n) is 4.70. The summed E-state index contributed by atoms with van der Waals surface area (Å²) in [5.41, 5.74) is 0.802. The fourth-order valence-electron chi connectivity index (χ4n) is 0.522. The van der Waals surface area contributed by atoms with E-state index in [1.807, 2.05) is 0 Å². The first-order chi connectivity index (χ1) is 4.20. The number of halogens is 2. The molecule has 2 heteroatoms. The van der Waals surface area contributed by atoms with E-state index in [2.05, 4.69) is 22.9 Å². The van der Waals surface area contributed by atoms with Crippen molar-refractivity contribution in [1.29, 1.82) is 0 Å². The Kier molecular flexibility index (Phi) is 1.86. The van der Waals surface area contributed by atoms with Gasteiger partial charge in [-0.2, -0.15) is 0 Å². The maximum absolute atomic E-state index is 12.3. The molecule has 0 spiro atoms. The maximum Gasteiger partial charge on any atom is 0.124 e. The molecule has 0 fully saturated rings. The van der Waals surface area contributed by atoms with Gasteiger partial charge in [-0.25, -0.2) is 4.39 Å². The second-order valence-corrected chi connectivity index (χ2v) is 2.59. The topological polar surface area (TPSA) is 0 Å². The van der Waals surface area contributed by atoms with E-state index in [4.69, 9.17) is 0 Å². The van der Waals surface area contributed by atoms with Crippen LogP contribution in [0, 0.1) is 12.7 Å². The molecule has 0 N–H and O–H groups in total. The van der Waals surface area contributed by atoms with E-state index in [0.717, 1.165) is 5.56 Å². The molecule has 0 atom stereocenters. The molecule has 0 saturated carbocycles. The Morgan fingerprint density at radius 3 is 2.56 bits per heavy atom. The predicted molar refractivity (Wildman–Crippen MR) is 38.6 cm³/mol. The predicted octanol–water partition coefficient (Wildman–Crippen LogP) is 2.77. The molecule has 1 aromatic rings. The van der Waals surface area contributed by atoms with Gasteiger partial charge in [-0.3, -0.25) is 0 Å². The third-order valence-electron chi connectivity index (χ3n) is 1.02. The first kappa shape index (κ1) is 6.75. The lowest BCUT2D eigenvalue weighted by atomic mass is 10.2. The highest BCUT2D eigenvalue weighted by Crippen LogP contribution is 2.15. The van der Waals surface area contributed by atoms with E-state index in [-0.39, 0.29) is 5.82 Å². The van der Waals surface area contributed by atoms with Gasteiger partial charge in [0.25, 0.3) is 0 Å². The third kappa shape index (κ3) is 1.52. The van der Waals surface area contributed by atoms with E-state index in [0.29, 0.717) is 4.47 Å². The number of rotatable bonds is 0. The fourth-order valence-corrected chi connectivity index (χ4v) is 0.873. The van der Waals surface area contributed by atoms with Crippen molar-refractivity contribution in [2.24, 2.45) is 0 Å². The molecule has 0 amide bonds. The molecular weight excluding hydrogens is 183 g/mol. The van der Waals surface area contributed by atoms with Crippen molar-refractivity contribution < 1.29 is 4.39 Å². The van der Waals surface area contributed by atoms with Crippen LogP contribution >= 0.6 is 15.9 Å². The minimum Gasteiger partial charge on any atom is -0.207 e. The van der Waals surface area contributed by atoms with Crippen LogP contribution in [0.4, 0.5) is 4.39 Å². The largest absolute Gasteiger partial charge is 0.207 e. The van der Waals surface area contributed by atoms with Crippen LogP contribution in [0.5, 0.6) is 0 Å². The highest BCUT2D eigenvalue weighted by atomic mass is 79.9. The Balaban J connectivity index is 3.17. The molecular formula is C7H5BrF. The van der Waals surface area contributed by atoms with Gasteiger partial charge in [0.05, 0.1) is 0 Å². The monoisotopic (exact) mass is 187 g/mol. The summed E-state index contributed by atoms with van der Waals surface area (Å²) in [6.45, 7) is 3.65. The first-order valence-corrected chi connectivity index (χ1v) is 3.26. The molecule has 9 heavy (non-hydrogen) atoms. The second kappa shape index (κ2) is 2.48. The van der Waals surface area contributed by atoms with Crippen molar-refractivity contribution in [2.75, 3.05) is 0 Å². The van der Waals surface area contributed by atoms with Crippen LogP contribution in [0.15, 0.2) is 22.7 Å². The average molecular weight is 188 g/mol. The summed E-state index contributed by atoms with van der Waals surface area (Å²) >= 11 is 3.14. The van der Waals surface area contributed by atoms with Crippen molar-refractivity contribution in [3.05, 3.63) is 41.0 Å². The lowest BCUT2D eigenvalue weighted by Gasteiger charge is -1.94. The van der Waals surface area contributed by atoms with Gasteiger partial charge in [0.2, 0.25) is 0 Å². The molecule has 0 unspecified atom stereocenters. The molecule has 0 nitrogen and oxygen atoms in total. The van der Waals surface area contributed by atoms with E-state index in [1.165, 1.54) is 12.1 Å². The zero-order valence-corrected chi connectivity index (χ0v) is 6.28. The minimum atomic E-state index is -0.241. The summed E-state index contributed by atoms with van der Waals surface area (Å²) in [5.74, 6) is -0.241. The van der Waals surface area contributed by atoms with Gasteiger partial charge < -0.3 is 0 Å². The smallest absolute Gasteiger partial charge is 0.124 e. The first-order valence-electron chi connectivity index (χ1n) is 2.47. The zero-order chi connectivity index (χ0) is 6.85. The molecule has 1 rings (SSSR count). The Hall–Kier alpha value is -0.370. The Morgan fingerprint density at radius 2 is 2.11 bits per heavy atom. The van der Waals surface area contributed by atoms with Gasteiger partial charge in [0.15, 0.2) is 0 Å². The molecule has 1 radical (unpaired) electrons. The van der Waals surface area contributed by atoms with Crippen LogP contribution in [0.3, 0.4) is 0 Å². The lowest BCUT2D eigenvalue weighted by molar-refractivity contribution is 0.626. The van der Waals surface area contributed by atoms with Gasteiger partial charge in [-0.15, -0.1) is 0 Å². The Morgan fingerprint density at radius 1 is 1.44 bits per heavy atom. The lowest BCUT2D eigenvalue weighted by Crippen LogP contribution is -1.76. The summed E-state index contributed by atoms with van der Waals surface area (Å²) in [6, 6.07) is 4.40. The van der Waals surface area contributed by atoms with Crippen LogP contribution in [0.2, 0.25) is 0 Å². The third-order valence-corrected chi connectivity index (χ3v) is 1.75. The van der Waals surface area contributed by atoms with Crippen LogP contribution in [-0.4, -0.2) is 0 Å². The highest BCUT2D eigenvalue weighted by Gasteiger charge is 1.93. The molecule has 47 valence electrons. The van der Waals surface area contributed by atoms with E-state index in [9.17, 15) is 4.39 Å². The van der Waals surface area contributed by atoms with E-state index in [1.54, 1.807) is 6.07 Å². The van der Waals surface area contributed by atoms with Crippen molar-refractivity contribution in [3.8, 4) is 0 Å². The summed E-state index contributed by atoms with van der Waals surface area (Å²) in [4.78, 5) is 0. The quantitative estimate of drug-likeness (QED) is 0.587. The molecule has 0 aliphatic heterocycles. The fraction of sp³-hybridized carbons (Fsp3) is 0. The average Bonchev–Trinajstić information content (AvgIpc) is 1.80.